The van der Waals surface area contributed by atoms with Crippen LogP contribution in [0.2, 0.25) is 0 Å². The van der Waals surface area contributed by atoms with Crippen molar-refractivity contribution in [3.63, 3.8) is 0 Å². The van der Waals surface area contributed by atoms with E-state index in [2.05, 4.69) is 284 Å². The summed E-state index contributed by atoms with van der Waals surface area (Å²) in [4.78, 5) is 0. The molecule has 0 aliphatic heterocycles. The summed E-state index contributed by atoms with van der Waals surface area (Å²) in [5.41, 5.74) is 16.8. The van der Waals surface area contributed by atoms with Crippen molar-refractivity contribution in [1.29, 1.82) is 0 Å². The Morgan fingerprint density at radius 2 is 0.634 bits per heavy atom. The van der Waals surface area contributed by atoms with Gasteiger partial charge in [0.2, 0.25) is 0 Å². The number of fused-ring (bicyclic) bond motifs is 13. The van der Waals surface area contributed by atoms with Crippen LogP contribution in [0.15, 0.2) is 261 Å². The Balaban J connectivity index is 1.10. The summed E-state index contributed by atoms with van der Waals surface area (Å²) < 4.78 is 12.2. The molecule has 0 aliphatic carbocycles. The van der Waals surface area contributed by atoms with Crippen LogP contribution in [0, 0.1) is 0 Å². The van der Waals surface area contributed by atoms with Gasteiger partial charge in [-0.1, -0.05) is 133 Å². The molecule has 15 aromatic rings. The lowest BCUT2D eigenvalue weighted by molar-refractivity contribution is 1.12. The molecular formula is C66H43N5. The summed E-state index contributed by atoms with van der Waals surface area (Å²) in [6.45, 7) is 0. The van der Waals surface area contributed by atoms with Gasteiger partial charge in [0.25, 0.3) is 0 Å². The second kappa shape index (κ2) is 15.5. The molecule has 0 amide bonds. The van der Waals surface area contributed by atoms with Crippen LogP contribution in [0.1, 0.15) is 0 Å². The fourth-order valence-electron chi connectivity index (χ4n) is 11.6. The highest BCUT2D eigenvalue weighted by Crippen LogP contribution is 2.40. The fourth-order valence-corrected chi connectivity index (χ4v) is 11.6. The Labute approximate surface area is 408 Å². The van der Waals surface area contributed by atoms with Crippen LogP contribution in [0.4, 0.5) is 0 Å². The monoisotopic (exact) mass is 905 g/mol. The lowest BCUT2D eigenvalue weighted by Crippen LogP contribution is -2.02. The van der Waals surface area contributed by atoms with Crippen molar-refractivity contribution in [3.8, 4) is 28.4 Å². The van der Waals surface area contributed by atoms with Crippen molar-refractivity contribution >= 4 is 98.3 Å². The first-order valence-electron chi connectivity index (χ1n) is 24.3. The van der Waals surface area contributed by atoms with Gasteiger partial charge in [-0.2, -0.15) is 0 Å². The number of benzene rings is 11. The van der Waals surface area contributed by atoms with E-state index in [1.54, 1.807) is 0 Å². The molecule has 0 radical (unpaired) electrons. The van der Waals surface area contributed by atoms with Crippen LogP contribution in [0.3, 0.4) is 0 Å². The summed E-state index contributed by atoms with van der Waals surface area (Å²) in [6, 6.07) is 95.8. The maximum atomic E-state index is 2.47. The van der Waals surface area contributed by atoms with Gasteiger partial charge in [0.15, 0.2) is 0 Å². The number of para-hydroxylation sites is 6. The number of hydrogen-bond donors (Lipinski definition) is 0. The third-order valence-corrected chi connectivity index (χ3v) is 14.7. The highest BCUT2D eigenvalue weighted by Gasteiger charge is 2.20. The smallest absolute Gasteiger partial charge is 0.0782 e. The first-order valence-corrected chi connectivity index (χ1v) is 24.3. The first kappa shape index (κ1) is 39.4. The standard InChI is InChI=1S/C66H43N5/c1-4-19-46(20-5-1)69-62-37-34-51-41-58(62)59-42-52(35-38-63(59)69)68(64-32-16-29-57-55-28-11-13-31-61(55)71(66(57)64)48-23-8-3-9-24-48)50-26-15-18-45(40-50)44-17-14-25-49(39-44)67(51)53-33-36-56-54-27-10-12-30-60(54)70(65(56)43-53)47-21-6-2-7-22-47/h1-43H. The molecule has 0 saturated carbocycles. The topological polar surface area (TPSA) is 24.6 Å². The summed E-state index contributed by atoms with van der Waals surface area (Å²) in [7, 11) is 0. The zero-order valence-electron chi connectivity index (χ0n) is 38.6. The molecule has 8 bridgehead atoms. The summed E-state index contributed by atoms with van der Waals surface area (Å²) in [5.74, 6) is 0. The van der Waals surface area contributed by atoms with Gasteiger partial charge in [-0.05, 0) is 138 Å². The molecule has 0 spiro atoms. The molecule has 4 heterocycles. The quantitative estimate of drug-likeness (QED) is 0.164. The lowest BCUT2D eigenvalue weighted by Gasteiger charge is -2.16. The van der Waals surface area contributed by atoms with E-state index < -0.39 is 0 Å². The fraction of sp³-hybridized carbons (Fsp3) is 0. The molecule has 332 valence electrons. The zero-order valence-corrected chi connectivity index (χ0v) is 38.6. The Kier molecular flexibility index (Phi) is 8.59. The largest absolute Gasteiger partial charge is 0.310 e. The molecule has 0 unspecified atom stereocenters. The lowest BCUT2D eigenvalue weighted by atomic mass is 10.1. The van der Waals surface area contributed by atoms with Crippen LogP contribution >= 0.6 is 0 Å². The maximum Gasteiger partial charge on any atom is 0.0782 e. The van der Waals surface area contributed by atoms with Gasteiger partial charge >= 0.3 is 0 Å². The molecule has 0 aliphatic rings. The predicted molar refractivity (Wildman–Crippen MR) is 298 cm³/mol. The van der Waals surface area contributed by atoms with E-state index in [1.165, 1.54) is 43.4 Å². The van der Waals surface area contributed by atoms with Gasteiger partial charge in [0, 0.05) is 77.1 Å². The second-order valence-electron chi connectivity index (χ2n) is 18.6. The van der Waals surface area contributed by atoms with E-state index in [0.29, 0.717) is 0 Å². The van der Waals surface area contributed by atoms with Crippen LogP contribution in [-0.2, 0) is 0 Å². The van der Waals surface area contributed by atoms with Crippen LogP contribution < -0.4 is 0 Å². The first-order chi connectivity index (χ1) is 35.2. The van der Waals surface area contributed by atoms with Gasteiger partial charge in [-0.15, -0.1) is 0 Å². The highest BCUT2D eigenvalue weighted by molar-refractivity contribution is 6.15. The molecule has 15 rings (SSSR count). The molecule has 71 heavy (non-hydrogen) atoms. The molecule has 4 aromatic heterocycles. The average molecular weight is 906 g/mol. The molecular weight excluding hydrogens is 863 g/mol. The maximum absolute atomic E-state index is 2.47. The summed E-state index contributed by atoms with van der Waals surface area (Å²) in [6.07, 6.45) is 0. The van der Waals surface area contributed by atoms with Crippen molar-refractivity contribution in [1.82, 2.24) is 22.8 Å². The van der Waals surface area contributed by atoms with E-state index in [-0.39, 0.29) is 0 Å². The average Bonchev–Trinajstić information content (AvgIpc) is 4.07. The van der Waals surface area contributed by atoms with Gasteiger partial charge in [0.05, 0.1) is 38.8 Å². The van der Waals surface area contributed by atoms with Crippen LogP contribution in [-0.4, -0.2) is 22.8 Å². The number of aromatic nitrogens is 5. The van der Waals surface area contributed by atoms with Crippen LogP contribution in [0.25, 0.3) is 127 Å². The van der Waals surface area contributed by atoms with Crippen LogP contribution in [0.5, 0.6) is 0 Å². The molecule has 11 aromatic carbocycles. The molecule has 0 saturated heterocycles. The summed E-state index contributed by atoms with van der Waals surface area (Å²) >= 11 is 0. The Morgan fingerprint density at radius 3 is 1.25 bits per heavy atom. The minimum Gasteiger partial charge on any atom is -0.310 e. The van der Waals surface area contributed by atoms with E-state index in [9.17, 15) is 0 Å². The van der Waals surface area contributed by atoms with E-state index in [0.717, 1.165) is 83.3 Å². The Hall–Kier alpha value is -9.58. The third kappa shape index (κ3) is 6.00. The van der Waals surface area contributed by atoms with Crippen molar-refractivity contribution in [2.75, 3.05) is 0 Å². The Bertz CT molecular complexity index is 4680. The Morgan fingerprint density at radius 1 is 0.197 bits per heavy atom. The predicted octanol–water partition coefficient (Wildman–Crippen LogP) is 17.1. The third-order valence-electron chi connectivity index (χ3n) is 14.7. The van der Waals surface area contributed by atoms with Gasteiger partial charge < -0.3 is 22.8 Å². The van der Waals surface area contributed by atoms with E-state index in [1.807, 2.05) is 0 Å². The number of nitrogens with zero attached hydrogens (tertiary/aromatic N) is 5. The van der Waals surface area contributed by atoms with Crippen molar-refractivity contribution in [2.45, 2.75) is 0 Å². The second-order valence-corrected chi connectivity index (χ2v) is 18.6. The van der Waals surface area contributed by atoms with Gasteiger partial charge in [-0.3, -0.25) is 0 Å². The minimum atomic E-state index is 1.07. The van der Waals surface area contributed by atoms with E-state index >= 15 is 0 Å². The zero-order chi connectivity index (χ0) is 46.6. The van der Waals surface area contributed by atoms with Crippen molar-refractivity contribution in [3.05, 3.63) is 261 Å². The number of hydrogen-bond acceptors (Lipinski definition) is 0. The molecule has 0 atom stereocenters. The minimum absolute atomic E-state index is 1.07. The highest BCUT2D eigenvalue weighted by atomic mass is 15.1. The molecule has 5 heteroatoms. The van der Waals surface area contributed by atoms with Gasteiger partial charge in [-0.25, -0.2) is 0 Å². The molecule has 0 N–H and O–H groups in total. The number of rotatable bonds is 5. The SMILES string of the molecule is c1ccc(-n2c3ccc4cc3c3cc(ccc32)n(-c2cccc3c5ccccc5n(-c5ccccc5)c23)c2cccc(c2)c2cccc(c2)n4-c2ccc3c4ccccc4n(-c4ccccc4)c3c2)cc1. The summed E-state index contributed by atoms with van der Waals surface area (Å²) in [5, 5.41) is 9.50. The van der Waals surface area contributed by atoms with Crippen molar-refractivity contribution < 1.29 is 0 Å². The normalized spacial score (nSPS) is 11.9. The van der Waals surface area contributed by atoms with Gasteiger partial charge in [0.1, 0.15) is 0 Å². The van der Waals surface area contributed by atoms with Crippen molar-refractivity contribution in [2.24, 2.45) is 0 Å². The van der Waals surface area contributed by atoms with E-state index in [4.69, 9.17) is 0 Å². The molecule has 0 fully saturated rings. The molecule has 5 nitrogen and oxygen atoms in total.